The molecule has 0 aromatic heterocycles. The molecule has 104 valence electrons. The topological polar surface area (TPSA) is 9.23 Å². The Bertz CT molecular complexity index is 454. The van der Waals surface area contributed by atoms with E-state index in [1.165, 1.54) is 11.1 Å². The van der Waals surface area contributed by atoms with E-state index in [0.29, 0.717) is 0 Å². The lowest BCUT2D eigenvalue weighted by atomic mass is 9.81. The molecule has 2 rings (SSSR count). The molecule has 0 aliphatic heterocycles. The zero-order valence-electron chi connectivity index (χ0n) is 12.7. The van der Waals surface area contributed by atoms with Gasteiger partial charge in [-0.3, -0.25) is 0 Å². The maximum atomic E-state index is 5.67. The average molecular weight is 302 g/mol. The minimum atomic E-state index is -0.613. The molecule has 0 bridgehead atoms. The number of benzene rings is 2. The summed E-state index contributed by atoms with van der Waals surface area (Å²) in [5, 5.41) is 0. The Labute approximate surface area is 128 Å². The van der Waals surface area contributed by atoms with Gasteiger partial charge in [0, 0.05) is 15.3 Å². The predicted molar refractivity (Wildman–Crippen MR) is 100 cm³/mol. The Hall–Kier alpha value is -0.610. The molecule has 0 amide bonds. The third kappa shape index (κ3) is 3.73. The van der Waals surface area contributed by atoms with Crippen LogP contribution in [0.3, 0.4) is 0 Å². The lowest BCUT2D eigenvalue weighted by molar-refractivity contribution is 0.457. The van der Waals surface area contributed by atoms with Crippen molar-refractivity contribution in [3.8, 4) is 0 Å². The van der Waals surface area contributed by atoms with Crippen LogP contribution in [0.4, 0.5) is 0 Å². The summed E-state index contributed by atoms with van der Waals surface area (Å²) in [5.41, 5.74) is 2.55. The van der Waals surface area contributed by atoms with Crippen LogP contribution in [0.5, 0.6) is 0 Å². The highest BCUT2D eigenvalue weighted by Crippen LogP contribution is 2.61. The monoisotopic (exact) mass is 302 g/mol. The summed E-state index contributed by atoms with van der Waals surface area (Å²) >= 11 is 0. The molecule has 2 aromatic carbocycles. The van der Waals surface area contributed by atoms with Crippen molar-refractivity contribution in [2.24, 2.45) is 0 Å². The molecule has 0 heterocycles. The molecule has 0 radical (unpaired) electrons. The molecule has 2 atom stereocenters. The van der Waals surface area contributed by atoms with Crippen LogP contribution in [0.15, 0.2) is 60.7 Å². The van der Waals surface area contributed by atoms with Gasteiger partial charge < -0.3 is 4.52 Å². The van der Waals surface area contributed by atoms with Crippen molar-refractivity contribution in [1.82, 2.24) is 0 Å². The molecule has 0 aliphatic carbocycles. The van der Waals surface area contributed by atoms with E-state index in [1.807, 2.05) is 27.6 Å². The summed E-state index contributed by atoms with van der Waals surface area (Å²) in [6.07, 6.45) is 0. The van der Waals surface area contributed by atoms with Gasteiger partial charge in [0.1, 0.15) is 0 Å². The molecular formula is C15H22B2OP2. The Balaban J connectivity index is 0.000000956. The summed E-state index contributed by atoms with van der Waals surface area (Å²) < 4.78 is 5.67. The third-order valence-corrected chi connectivity index (χ3v) is 7.01. The molecule has 2 aromatic rings. The Kier molecular flexibility index (Phi) is 7.52. The second-order valence-electron chi connectivity index (χ2n) is 4.18. The maximum absolute atomic E-state index is 5.67. The predicted octanol–water partition coefficient (Wildman–Crippen LogP) is 2.60. The fraction of sp³-hybridized carbons (Fsp3) is 0.200. The highest BCUT2D eigenvalue weighted by molar-refractivity contribution is 7.61. The maximum Gasteiger partial charge on any atom is 0.0780 e. The smallest absolute Gasteiger partial charge is 0.0780 e. The minimum absolute atomic E-state index is 0.146. The highest BCUT2D eigenvalue weighted by atomic mass is 31.2. The first kappa shape index (κ1) is 17.4. The first-order chi connectivity index (χ1) is 9.69. The number of hydrogen-bond donors (Lipinski definition) is 0. The van der Waals surface area contributed by atoms with E-state index in [0.717, 1.165) is 0 Å². The van der Waals surface area contributed by atoms with E-state index < -0.39 is 8.15 Å². The van der Waals surface area contributed by atoms with Crippen molar-refractivity contribution in [3.05, 3.63) is 71.8 Å². The first-order valence-corrected chi connectivity index (χ1v) is 9.16. The zero-order valence-corrected chi connectivity index (χ0v) is 14.8. The van der Waals surface area contributed by atoms with E-state index in [9.17, 15) is 0 Å². The minimum Gasteiger partial charge on any atom is -0.361 e. The van der Waals surface area contributed by atoms with Crippen LogP contribution in [0.2, 0.25) is 0 Å². The molecule has 5 heteroatoms. The second-order valence-corrected chi connectivity index (χ2v) is 7.60. The van der Waals surface area contributed by atoms with Crippen molar-refractivity contribution in [1.29, 1.82) is 0 Å². The quantitative estimate of drug-likeness (QED) is 0.623. The Morgan fingerprint density at radius 2 is 1.25 bits per heavy atom. The molecule has 0 saturated carbocycles. The Morgan fingerprint density at radius 1 is 0.900 bits per heavy atom. The lowest BCUT2D eigenvalue weighted by Gasteiger charge is -2.35. The van der Waals surface area contributed by atoms with Gasteiger partial charge in [0.15, 0.2) is 0 Å². The lowest BCUT2D eigenvalue weighted by Crippen LogP contribution is -2.18. The molecule has 0 spiro atoms. The van der Waals surface area contributed by atoms with Gasteiger partial charge in [-0.1, -0.05) is 60.7 Å². The highest BCUT2D eigenvalue weighted by Gasteiger charge is 2.35. The summed E-state index contributed by atoms with van der Waals surface area (Å²) in [6, 6.07) is 21.1. The fourth-order valence-corrected chi connectivity index (χ4v) is 4.07. The van der Waals surface area contributed by atoms with Crippen molar-refractivity contribution < 1.29 is 4.52 Å². The van der Waals surface area contributed by atoms with Gasteiger partial charge in [-0.15, -0.1) is 9.24 Å². The summed E-state index contributed by atoms with van der Waals surface area (Å²) in [7, 11) is 8.18. The van der Waals surface area contributed by atoms with Gasteiger partial charge in [-0.25, -0.2) is 0 Å². The second kappa shape index (κ2) is 8.63. The van der Waals surface area contributed by atoms with E-state index in [1.54, 1.807) is 7.11 Å². The van der Waals surface area contributed by atoms with E-state index in [-0.39, 0.29) is 4.90 Å². The van der Waals surface area contributed by atoms with Gasteiger partial charge in [0.25, 0.3) is 0 Å². The van der Waals surface area contributed by atoms with Gasteiger partial charge in [0.2, 0.25) is 0 Å². The normalized spacial score (nSPS) is 12.2. The summed E-state index contributed by atoms with van der Waals surface area (Å²) in [5.74, 6) is 0. The summed E-state index contributed by atoms with van der Waals surface area (Å²) in [6.45, 7) is 2.17. The summed E-state index contributed by atoms with van der Waals surface area (Å²) in [4.78, 5) is -0.146. The largest absolute Gasteiger partial charge is 0.361 e. The van der Waals surface area contributed by atoms with Crippen LogP contribution >= 0.6 is 17.4 Å². The van der Waals surface area contributed by atoms with Crippen LogP contribution in [0.1, 0.15) is 11.1 Å². The molecule has 2 unspecified atom stereocenters. The number of hydrogen-bond acceptors (Lipinski definition) is 1. The van der Waals surface area contributed by atoms with Crippen LogP contribution in [-0.2, 0) is 9.42 Å². The van der Waals surface area contributed by atoms with E-state index in [4.69, 9.17) is 4.52 Å². The molecule has 0 aliphatic rings. The third-order valence-electron chi connectivity index (χ3n) is 3.20. The fourth-order valence-electron chi connectivity index (χ4n) is 2.06. The van der Waals surface area contributed by atoms with Crippen molar-refractivity contribution >= 4 is 32.9 Å². The van der Waals surface area contributed by atoms with Gasteiger partial charge in [0.05, 0.1) is 20.4 Å². The molecule has 20 heavy (non-hydrogen) atoms. The molecule has 0 N–H and O–H groups in total. The SMILES string of the molecule is BB.COP(C)C(P)(c1ccccc1)c1ccccc1. The van der Waals surface area contributed by atoms with Crippen LogP contribution in [0, 0.1) is 0 Å². The van der Waals surface area contributed by atoms with Crippen LogP contribution in [-0.4, -0.2) is 29.2 Å². The van der Waals surface area contributed by atoms with Crippen molar-refractivity contribution in [2.75, 3.05) is 13.8 Å². The van der Waals surface area contributed by atoms with Crippen LogP contribution < -0.4 is 0 Å². The first-order valence-electron chi connectivity index (χ1n) is 6.87. The van der Waals surface area contributed by atoms with Gasteiger partial charge in [-0.05, 0) is 17.8 Å². The zero-order chi connectivity index (χ0) is 15.0. The van der Waals surface area contributed by atoms with Gasteiger partial charge >= 0.3 is 0 Å². The van der Waals surface area contributed by atoms with Crippen molar-refractivity contribution in [3.63, 3.8) is 0 Å². The van der Waals surface area contributed by atoms with Crippen LogP contribution in [0.25, 0.3) is 0 Å². The van der Waals surface area contributed by atoms with E-state index in [2.05, 4.69) is 64.4 Å². The van der Waals surface area contributed by atoms with Gasteiger partial charge in [-0.2, -0.15) is 0 Å². The molecule has 0 saturated heterocycles. The van der Waals surface area contributed by atoms with Crippen molar-refractivity contribution in [2.45, 2.75) is 4.90 Å². The molecular weight excluding hydrogens is 280 g/mol. The average Bonchev–Trinajstić information content (AvgIpc) is 2.56. The Morgan fingerprint density at radius 3 is 1.55 bits per heavy atom. The molecule has 0 fully saturated rings. The molecule has 1 nitrogen and oxygen atoms in total. The van der Waals surface area contributed by atoms with E-state index >= 15 is 0 Å². The number of rotatable bonds is 4. The standard InChI is InChI=1S/C15H18OP2.B2H4/c1-16-18(2)15(17,13-9-5-3-6-10-13)14-11-7-4-8-12-14;1-2/h3-12H,17H2,1-2H3;1-2H2.